The van der Waals surface area contributed by atoms with Gasteiger partial charge in [0.1, 0.15) is 13.2 Å². The van der Waals surface area contributed by atoms with Gasteiger partial charge in [-0.1, -0.05) is 251 Å². The average molecular weight is 861 g/mol. The summed E-state index contributed by atoms with van der Waals surface area (Å²) in [5.74, 6) is -0.859. The van der Waals surface area contributed by atoms with Crippen LogP contribution in [0.5, 0.6) is 0 Å². The Kier molecular flexibility index (Phi) is 49.3. The van der Waals surface area contributed by atoms with Crippen LogP contribution in [-0.4, -0.2) is 37.2 Å². The lowest BCUT2D eigenvalue weighted by molar-refractivity contribution is -0.167. The Hall–Kier alpha value is -1.85. The van der Waals surface area contributed by atoms with Crippen LogP contribution in [0.1, 0.15) is 303 Å². The Morgan fingerprint density at radius 1 is 0.311 bits per heavy atom. The number of carbonyl (C=O) groups excluding carboxylic acids is 3. The summed E-state index contributed by atoms with van der Waals surface area (Å²) >= 11 is 0. The van der Waals surface area contributed by atoms with Crippen molar-refractivity contribution in [3.05, 3.63) is 12.2 Å². The largest absolute Gasteiger partial charge is 0.462 e. The van der Waals surface area contributed by atoms with E-state index in [0.717, 1.165) is 64.2 Å². The predicted molar refractivity (Wildman–Crippen MR) is 261 cm³/mol. The van der Waals surface area contributed by atoms with E-state index in [9.17, 15) is 14.4 Å². The summed E-state index contributed by atoms with van der Waals surface area (Å²) in [6.45, 7) is 6.65. The van der Waals surface area contributed by atoms with Crippen LogP contribution in [0.15, 0.2) is 12.2 Å². The zero-order chi connectivity index (χ0) is 44.4. The van der Waals surface area contributed by atoms with Crippen molar-refractivity contribution >= 4 is 17.9 Å². The van der Waals surface area contributed by atoms with Gasteiger partial charge in [-0.05, 0) is 44.9 Å². The molecule has 0 radical (unpaired) electrons. The zero-order valence-corrected chi connectivity index (χ0v) is 41.2. The molecule has 0 aliphatic heterocycles. The molecule has 61 heavy (non-hydrogen) atoms. The topological polar surface area (TPSA) is 78.9 Å². The van der Waals surface area contributed by atoms with Crippen molar-refractivity contribution in [1.82, 2.24) is 0 Å². The van der Waals surface area contributed by atoms with Crippen LogP contribution < -0.4 is 0 Å². The van der Waals surface area contributed by atoms with Crippen LogP contribution in [0, 0.1) is 0 Å². The summed E-state index contributed by atoms with van der Waals surface area (Å²) < 4.78 is 16.8. The molecule has 0 saturated carbocycles. The fourth-order valence-electron chi connectivity index (χ4n) is 8.14. The molecule has 6 nitrogen and oxygen atoms in total. The molecule has 0 aromatic carbocycles. The molecule has 0 aliphatic rings. The normalized spacial score (nSPS) is 12.0. The summed E-state index contributed by atoms with van der Waals surface area (Å²) in [7, 11) is 0. The van der Waals surface area contributed by atoms with E-state index in [4.69, 9.17) is 14.2 Å². The van der Waals surface area contributed by atoms with Gasteiger partial charge in [-0.2, -0.15) is 0 Å². The van der Waals surface area contributed by atoms with Crippen LogP contribution in [0.3, 0.4) is 0 Å². The monoisotopic (exact) mass is 861 g/mol. The first-order chi connectivity index (χ1) is 30.0. The fraction of sp³-hybridized carbons (Fsp3) is 0.909. The van der Waals surface area contributed by atoms with Gasteiger partial charge in [0.05, 0.1) is 0 Å². The molecule has 0 amide bonds. The van der Waals surface area contributed by atoms with Gasteiger partial charge in [0.25, 0.3) is 0 Å². The van der Waals surface area contributed by atoms with E-state index in [0.29, 0.717) is 19.3 Å². The third-order valence-corrected chi connectivity index (χ3v) is 12.3. The highest BCUT2D eigenvalue weighted by atomic mass is 16.6. The Morgan fingerprint density at radius 2 is 0.541 bits per heavy atom. The summed E-state index contributed by atoms with van der Waals surface area (Å²) in [5, 5.41) is 0. The first kappa shape index (κ1) is 59.1. The molecule has 0 N–H and O–H groups in total. The highest BCUT2D eigenvalue weighted by molar-refractivity contribution is 5.71. The Labute approximate surface area is 380 Å². The minimum atomic E-state index is -0.767. The highest BCUT2D eigenvalue weighted by Crippen LogP contribution is 2.17. The lowest BCUT2D eigenvalue weighted by Gasteiger charge is -2.18. The maximum atomic E-state index is 12.8. The van der Waals surface area contributed by atoms with Gasteiger partial charge in [-0.3, -0.25) is 14.4 Å². The van der Waals surface area contributed by atoms with Crippen LogP contribution >= 0.6 is 0 Å². The second-order valence-corrected chi connectivity index (χ2v) is 18.5. The van der Waals surface area contributed by atoms with Gasteiger partial charge in [0, 0.05) is 19.3 Å². The van der Waals surface area contributed by atoms with Gasteiger partial charge in [-0.15, -0.1) is 0 Å². The van der Waals surface area contributed by atoms with Crippen molar-refractivity contribution in [2.24, 2.45) is 0 Å². The van der Waals surface area contributed by atoms with E-state index in [1.807, 2.05) is 0 Å². The van der Waals surface area contributed by atoms with E-state index in [1.165, 1.54) is 199 Å². The smallest absolute Gasteiger partial charge is 0.306 e. The summed E-state index contributed by atoms with van der Waals surface area (Å²) in [6, 6.07) is 0. The van der Waals surface area contributed by atoms with Crippen LogP contribution in [0.25, 0.3) is 0 Å². The molecule has 0 spiro atoms. The molecule has 6 heteroatoms. The molecule has 0 aromatic rings. The maximum absolute atomic E-state index is 12.8. The number of unbranched alkanes of at least 4 members (excludes halogenated alkanes) is 37. The van der Waals surface area contributed by atoms with Crippen molar-refractivity contribution < 1.29 is 28.6 Å². The third-order valence-electron chi connectivity index (χ3n) is 12.3. The number of rotatable bonds is 50. The Balaban J connectivity index is 4.26. The fourth-order valence-corrected chi connectivity index (χ4v) is 8.14. The van der Waals surface area contributed by atoms with Crippen molar-refractivity contribution in [2.75, 3.05) is 13.2 Å². The molecule has 0 bridgehead atoms. The van der Waals surface area contributed by atoms with Crippen LogP contribution in [0.2, 0.25) is 0 Å². The number of hydrogen-bond acceptors (Lipinski definition) is 6. The third kappa shape index (κ3) is 49.0. The Morgan fingerprint density at radius 3 is 0.836 bits per heavy atom. The average Bonchev–Trinajstić information content (AvgIpc) is 3.26. The molecule has 0 aliphatic carbocycles. The summed E-state index contributed by atoms with van der Waals surface area (Å²) in [4.78, 5) is 38.0. The van der Waals surface area contributed by atoms with E-state index < -0.39 is 6.10 Å². The molecule has 0 heterocycles. The van der Waals surface area contributed by atoms with Gasteiger partial charge < -0.3 is 14.2 Å². The van der Waals surface area contributed by atoms with E-state index in [-0.39, 0.29) is 31.1 Å². The molecule has 0 aromatic heterocycles. The van der Waals surface area contributed by atoms with Crippen LogP contribution in [0.4, 0.5) is 0 Å². The zero-order valence-electron chi connectivity index (χ0n) is 41.2. The minimum absolute atomic E-state index is 0.0679. The van der Waals surface area contributed by atoms with Crippen molar-refractivity contribution in [1.29, 1.82) is 0 Å². The molecule has 360 valence electrons. The Bertz CT molecular complexity index is 947. The standard InChI is InChI=1S/C55H104O6/c1-4-7-10-13-16-19-22-24-25-26-27-28-29-31-33-36-39-42-45-48-54(57)60-51-52(50-59-53(56)47-44-41-38-35-32-21-18-15-12-9-6-3)61-55(58)49-46-43-40-37-34-30-23-20-17-14-11-8-5-2/h20,23,52H,4-19,21-22,24-51H2,1-3H3/b23-20-/t52-/m1/s1. The highest BCUT2D eigenvalue weighted by Gasteiger charge is 2.19. The van der Waals surface area contributed by atoms with E-state index in [2.05, 4.69) is 32.9 Å². The number of hydrogen-bond donors (Lipinski definition) is 0. The molecular weight excluding hydrogens is 757 g/mol. The summed E-state index contributed by atoms with van der Waals surface area (Å²) in [5.41, 5.74) is 0. The van der Waals surface area contributed by atoms with Crippen molar-refractivity contribution in [3.8, 4) is 0 Å². The van der Waals surface area contributed by atoms with Gasteiger partial charge in [0.2, 0.25) is 0 Å². The first-order valence-corrected chi connectivity index (χ1v) is 27.2. The quantitative estimate of drug-likeness (QED) is 0.0262. The minimum Gasteiger partial charge on any atom is -0.462 e. The first-order valence-electron chi connectivity index (χ1n) is 27.2. The van der Waals surface area contributed by atoms with Crippen molar-refractivity contribution in [2.45, 2.75) is 309 Å². The summed E-state index contributed by atoms with van der Waals surface area (Å²) in [6.07, 6.45) is 56.3. The lowest BCUT2D eigenvalue weighted by Crippen LogP contribution is -2.30. The predicted octanol–water partition coefficient (Wildman–Crippen LogP) is 17.8. The number of ether oxygens (including phenoxy) is 3. The van der Waals surface area contributed by atoms with Crippen molar-refractivity contribution in [3.63, 3.8) is 0 Å². The van der Waals surface area contributed by atoms with Gasteiger partial charge in [0.15, 0.2) is 6.10 Å². The maximum Gasteiger partial charge on any atom is 0.306 e. The number of carbonyl (C=O) groups is 3. The van der Waals surface area contributed by atoms with Gasteiger partial charge >= 0.3 is 17.9 Å². The number of allylic oxidation sites excluding steroid dienone is 2. The lowest BCUT2D eigenvalue weighted by atomic mass is 10.0. The molecule has 0 saturated heterocycles. The van der Waals surface area contributed by atoms with Crippen LogP contribution in [-0.2, 0) is 28.6 Å². The van der Waals surface area contributed by atoms with E-state index >= 15 is 0 Å². The SMILES string of the molecule is CCCCCC/C=C\CCCCCCCC(=O)O[C@H](COC(=O)CCCCCCCCCCCCC)COC(=O)CCCCCCCCCCCCCCCCCCCCC. The molecule has 0 fully saturated rings. The van der Waals surface area contributed by atoms with Gasteiger partial charge in [-0.25, -0.2) is 0 Å². The second kappa shape index (κ2) is 50.8. The number of esters is 3. The molecule has 0 rings (SSSR count). The second-order valence-electron chi connectivity index (χ2n) is 18.5. The molecule has 1 atom stereocenters. The molecular formula is C55H104O6. The molecule has 0 unspecified atom stereocenters. The van der Waals surface area contributed by atoms with E-state index in [1.54, 1.807) is 0 Å².